The smallest absolute Gasteiger partial charge is 0.372 e. The molecule has 2 heterocycles. The maximum absolute atomic E-state index is 13.9. The Bertz CT molecular complexity index is 1520. The van der Waals surface area contributed by atoms with Gasteiger partial charge < -0.3 is 14.2 Å². The predicted molar refractivity (Wildman–Crippen MR) is 143 cm³/mol. The summed E-state index contributed by atoms with van der Waals surface area (Å²) in [6, 6.07) is 16.7. The average molecular weight is 571 g/mol. The monoisotopic (exact) mass is 570 g/mol. The lowest BCUT2D eigenvalue weighted by Crippen LogP contribution is -2.47. The van der Waals surface area contributed by atoms with Crippen LogP contribution in [0.15, 0.2) is 76.4 Å². The zero-order chi connectivity index (χ0) is 29.8. The Morgan fingerprint density at radius 1 is 1.07 bits per heavy atom. The van der Waals surface area contributed by atoms with E-state index in [-0.39, 0.29) is 29.8 Å². The van der Waals surface area contributed by atoms with Crippen LogP contribution in [0.1, 0.15) is 48.0 Å². The van der Waals surface area contributed by atoms with Crippen molar-refractivity contribution in [3.05, 3.63) is 104 Å². The summed E-state index contributed by atoms with van der Waals surface area (Å²) in [6.07, 6.45) is -1.78. The molecule has 3 aromatic rings. The molecule has 1 saturated heterocycles. The Kier molecular flexibility index (Phi) is 8.97. The Balaban J connectivity index is 1.66. The molecule has 0 saturated carbocycles. The second-order valence-corrected chi connectivity index (χ2v) is 10.2. The highest BCUT2D eigenvalue weighted by molar-refractivity contribution is 5.95. The molecule has 2 aromatic carbocycles. The van der Waals surface area contributed by atoms with E-state index in [4.69, 9.17) is 20.6 Å². The summed E-state index contributed by atoms with van der Waals surface area (Å²) in [4.78, 5) is 39.2. The van der Waals surface area contributed by atoms with E-state index in [0.717, 1.165) is 5.56 Å². The van der Waals surface area contributed by atoms with Crippen LogP contribution >= 0.6 is 0 Å². The highest BCUT2D eigenvalue weighted by Gasteiger charge is 2.42. The molecule has 1 aliphatic heterocycles. The van der Waals surface area contributed by atoms with Crippen LogP contribution < -0.4 is 11.2 Å². The number of rotatable bonds is 9. The molecule has 0 radical (unpaired) electrons. The van der Waals surface area contributed by atoms with Crippen molar-refractivity contribution in [2.24, 2.45) is 0 Å². The van der Waals surface area contributed by atoms with Gasteiger partial charge in [-0.15, -0.1) is 6.42 Å². The third kappa shape index (κ3) is 7.03. The number of hydrogen-bond acceptors (Lipinski definition) is 6. The Morgan fingerprint density at radius 2 is 1.71 bits per heavy atom. The van der Waals surface area contributed by atoms with Gasteiger partial charge in [-0.25, -0.2) is 4.79 Å². The van der Waals surface area contributed by atoms with Crippen molar-refractivity contribution < 1.29 is 32.2 Å². The highest BCUT2D eigenvalue weighted by atomic mass is 19.4. The first-order chi connectivity index (χ1) is 19.4. The number of carbonyl (C=O) groups excluding carboxylic acids is 1. The van der Waals surface area contributed by atoms with E-state index in [9.17, 15) is 27.6 Å². The fraction of sp³-hybridized carbons (Fsp3) is 0.367. The SMILES string of the molecule is C#CCO[C@H]1C[C@H](n2cc(C(F)(F)F)c(=O)n(C(=O)c3ccccc3)c2=O)O[C@@H]1COC(C)(C)Cc1ccccc1. The molecule has 0 aliphatic carbocycles. The number of nitrogens with zero attached hydrogens (tertiary/aromatic N) is 2. The summed E-state index contributed by atoms with van der Waals surface area (Å²) in [5, 5.41) is 0. The molecule has 41 heavy (non-hydrogen) atoms. The molecule has 11 heteroatoms. The van der Waals surface area contributed by atoms with Crippen molar-refractivity contribution in [3.8, 4) is 12.3 Å². The lowest BCUT2D eigenvalue weighted by atomic mass is 9.98. The molecule has 0 amide bonds. The molecule has 1 aliphatic rings. The van der Waals surface area contributed by atoms with Crippen LogP contribution in [-0.2, 0) is 26.8 Å². The molecule has 8 nitrogen and oxygen atoms in total. The van der Waals surface area contributed by atoms with Gasteiger partial charge in [-0.3, -0.25) is 14.2 Å². The number of alkyl halides is 3. The molecule has 216 valence electrons. The molecular weight excluding hydrogens is 541 g/mol. The number of aromatic nitrogens is 2. The van der Waals surface area contributed by atoms with Crippen LogP contribution in [0.4, 0.5) is 13.2 Å². The zero-order valence-corrected chi connectivity index (χ0v) is 22.5. The standard InChI is InChI=1S/C30H29F3N2O6/c1-4-15-39-23-16-25(41-24(23)19-40-29(2,3)17-20-11-7-5-8-12-20)34-18-22(30(31,32)33)27(37)35(28(34)38)26(36)21-13-9-6-10-14-21/h1,5-14,18,23-25H,15-17,19H2,2-3H3/t23-,24+,25+/m0/s1. The van der Waals surface area contributed by atoms with Gasteiger partial charge in [0.05, 0.1) is 18.3 Å². The van der Waals surface area contributed by atoms with E-state index < -0.39 is 52.9 Å². The summed E-state index contributed by atoms with van der Waals surface area (Å²) in [5.74, 6) is 1.15. The maximum atomic E-state index is 13.9. The summed E-state index contributed by atoms with van der Waals surface area (Å²) in [7, 11) is 0. The van der Waals surface area contributed by atoms with Crippen molar-refractivity contribution in [1.29, 1.82) is 0 Å². The third-order valence-electron chi connectivity index (χ3n) is 6.63. The summed E-state index contributed by atoms with van der Waals surface area (Å²) in [6.45, 7) is 3.64. The summed E-state index contributed by atoms with van der Waals surface area (Å²) in [5.41, 5.74) is -4.46. The van der Waals surface area contributed by atoms with Crippen LogP contribution in [0.5, 0.6) is 0 Å². The van der Waals surface area contributed by atoms with Crippen LogP contribution in [0, 0.1) is 12.3 Å². The van der Waals surface area contributed by atoms with E-state index in [2.05, 4.69) is 5.92 Å². The molecule has 0 bridgehead atoms. The van der Waals surface area contributed by atoms with E-state index in [1.807, 2.05) is 44.2 Å². The summed E-state index contributed by atoms with van der Waals surface area (Å²) < 4.78 is 60.1. The van der Waals surface area contributed by atoms with Gasteiger partial charge >= 0.3 is 11.9 Å². The highest BCUT2D eigenvalue weighted by Crippen LogP contribution is 2.33. The van der Waals surface area contributed by atoms with Crippen molar-refractivity contribution in [3.63, 3.8) is 0 Å². The first-order valence-electron chi connectivity index (χ1n) is 12.8. The van der Waals surface area contributed by atoms with Crippen LogP contribution in [0.2, 0.25) is 0 Å². The van der Waals surface area contributed by atoms with Gasteiger partial charge in [-0.05, 0) is 31.5 Å². The summed E-state index contributed by atoms with van der Waals surface area (Å²) >= 11 is 0. The molecule has 0 N–H and O–H groups in total. The van der Waals surface area contributed by atoms with Crippen molar-refractivity contribution >= 4 is 5.91 Å². The van der Waals surface area contributed by atoms with Crippen molar-refractivity contribution in [2.75, 3.05) is 13.2 Å². The second-order valence-electron chi connectivity index (χ2n) is 10.2. The minimum atomic E-state index is -5.15. The fourth-order valence-corrected chi connectivity index (χ4v) is 4.66. The average Bonchev–Trinajstić information content (AvgIpc) is 3.33. The van der Waals surface area contributed by atoms with Gasteiger partial charge in [-0.2, -0.15) is 17.7 Å². The molecule has 1 fully saturated rings. The Hall–Kier alpha value is -3.98. The molecular formula is C30H29F3N2O6. The van der Waals surface area contributed by atoms with Gasteiger partial charge in [-0.1, -0.05) is 54.5 Å². The minimum Gasteiger partial charge on any atom is -0.372 e. The molecule has 4 rings (SSSR count). The number of carbonyl (C=O) groups is 1. The second kappa shape index (κ2) is 12.3. The number of benzene rings is 2. The van der Waals surface area contributed by atoms with E-state index >= 15 is 0 Å². The lowest BCUT2D eigenvalue weighted by molar-refractivity contribution is -0.140. The third-order valence-corrected chi connectivity index (χ3v) is 6.63. The zero-order valence-electron chi connectivity index (χ0n) is 22.5. The fourth-order valence-electron chi connectivity index (χ4n) is 4.66. The van der Waals surface area contributed by atoms with E-state index in [1.54, 1.807) is 6.07 Å². The molecule has 3 atom stereocenters. The number of hydrogen-bond donors (Lipinski definition) is 0. The van der Waals surface area contributed by atoms with Gasteiger partial charge in [0.25, 0.3) is 11.5 Å². The van der Waals surface area contributed by atoms with Gasteiger partial charge in [0.1, 0.15) is 24.5 Å². The molecule has 0 spiro atoms. The number of terminal acetylenes is 1. The van der Waals surface area contributed by atoms with Crippen LogP contribution in [0.3, 0.4) is 0 Å². The lowest BCUT2D eigenvalue weighted by Gasteiger charge is -2.28. The van der Waals surface area contributed by atoms with Gasteiger partial charge in [0.2, 0.25) is 0 Å². The number of ether oxygens (including phenoxy) is 3. The normalized spacial score (nSPS) is 19.2. The Labute approximate surface area is 234 Å². The first-order valence-corrected chi connectivity index (χ1v) is 12.8. The molecule has 1 aromatic heterocycles. The van der Waals surface area contributed by atoms with Crippen molar-refractivity contribution in [2.45, 2.75) is 56.9 Å². The topological polar surface area (TPSA) is 88.8 Å². The van der Waals surface area contributed by atoms with Gasteiger partial charge in [0, 0.05) is 24.6 Å². The quantitative estimate of drug-likeness (QED) is 0.361. The van der Waals surface area contributed by atoms with Gasteiger partial charge in [0.15, 0.2) is 0 Å². The van der Waals surface area contributed by atoms with Crippen LogP contribution in [-0.4, -0.2) is 46.1 Å². The van der Waals surface area contributed by atoms with Crippen molar-refractivity contribution in [1.82, 2.24) is 9.13 Å². The van der Waals surface area contributed by atoms with E-state index in [0.29, 0.717) is 17.2 Å². The Morgan fingerprint density at radius 3 is 2.32 bits per heavy atom. The van der Waals surface area contributed by atoms with Crippen LogP contribution in [0.25, 0.3) is 0 Å². The minimum absolute atomic E-state index is 0.0188. The molecule has 0 unspecified atom stereocenters. The first kappa shape index (κ1) is 30.0. The van der Waals surface area contributed by atoms with E-state index in [1.165, 1.54) is 24.3 Å². The maximum Gasteiger partial charge on any atom is 0.423 e. The number of halogens is 3. The predicted octanol–water partition coefficient (Wildman–Crippen LogP) is 4.06. The largest absolute Gasteiger partial charge is 0.423 e.